The Hall–Kier alpha value is -1.89. The number of rotatable bonds is 5. The molecule has 0 heterocycles. The fourth-order valence-corrected chi connectivity index (χ4v) is 2.07. The monoisotopic (exact) mass is 299 g/mol. The van der Waals surface area contributed by atoms with Crippen molar-refractivity contribution in [3.8, 4) is 0 Å². The van der Waals surface area contributed by atoms with Crippen molar-refractivity contribution in [2.24, 2.45) is 0 Å². The van der Waals surface area contributed by atoms with Gasteiger partial charge in [0.1, 0.15) is 0 Å². The van der Waals surface area contributed by atoms with E-state index in [0.717, 1.165) is 6.26 Å². The first-order valence-corrected chi connectivity index (χ1v) is 7.93. The van der Waals surface area contributed by atoms with Crippen LogP contribution in [0.1, 0.15) is 24.2 Å². The molecule has 0 unspecified atom stereocenters. The molecule has 0 aromatic heterocycles. The van der Waals surface area contributed by atoms with Gasteiger partial charge in [-0.3, -0.25) is 4.79 Å². The predicted octanol–water partition coefficient (Wildman–Crippen LogP) is 0.772. The van der Waals surface area contributed by atoms with Gasteiger partial charge in [0.25, 0.3) is 5.91 Å². The number of sulfone groups is 1. The third kappa shape index (κ3) is 4.34. The van der Waals surface area contributed by atoms with Crippen molar-refractivity contribution in [3.63, 3.8) is 0 Å². The van der Waals surface area contributed by atoms with Crippen LogP contribution in [0.3, 0.4) is 0 Å². The van der Waals surface area contributed by atoms with Crippen LogP contribution >= 0.6 is 0 Å². The van der Waals surface area contributed by atoms with Crippen LogP contribution in [-0.2, 0) is 19.4 Å². The normalized spacial score (nSPS) is 12.6. The highest BCUT2D eigenvalue weighted by Gasteiger charge is 2.18. The maximum Gasteiger partial charge on any atom is 0.338 e. The van der Waals surface area contributed by atoms with E-state index >= 15 is 0 Å². The van der Waals surface area contributed by atoms with Crippen LogP contribution in [0.15, 0.2) is 29.2 Å². The molecule has 110 valence electrons. The lowest BCUT2D eigenvalue weighted by atomic mass is 10.2. The quantitative estimate of drug-likeness (QED) is 0.811. The van der Waals surface area contributed by atoms with Crippen LogP contribution in [0.2, 0.25) is 0 Å². The molecule has 1 atom stereocenters. The van der Waals surface area contributed by atoms with Gasteiger partial charge in [-0.05, 0) is 38.1 Å². The Morgan fingerprint density at radius 2 is 1.80 bits per heavy atom. The number of hydrogen-bond acceptors (Lipinski definition) is 5. The second-order valence-corrected chi connectivity index (χ2v) is 6.25. The standard InChI is InChI=1S/C13H17NO5S/c1-4-14-12(15)9(2)19-13(16)10-5-7-11(8-6-10)20(3,17)18/h5-9H,4H2,1-3H3,(H,14,15)/t9-/m1/s1. The van der Waals surface area contributed by atoms with Crippen molar-refractivity contribution in [3.05, 3.63) is 29.8 Å². The fourth-order valence-electron chi connectivity index (χ4n) is 1.44. The van der Waals surface area contributed by atoms with E-state index in [9.17, 15) is 18.0 Å². The van der Waals surface area contributed by atoms with E-state index in [2.05, 4.69) is 5.32 Å². The van der Waals surface area contributed by atoms with Gasteiger partial charge in [0, 0.05) is 12.8 Å². The molecule has 0 aliphatic heterocycles. The summed E-state index contributed by atoms with van der Waals surface area (Å²) in [5.41, 5.74) is 0.188. The Balaban J connectivity index is 2.76. The van der Waals surface area contributed by atoms with Crippen LogP contribution < -0.4 is 5.32 Å². The number of likely N-dealkylation sites (N-methyl/N-ethyl adjacent to an activating group) is 1. The number of amides is 1. The number of benzene rings is 1. The number of carbonyl (C=O) groups is 2. The van der Waals surface area contributed by atoms with E-state index in [1.165, 1.54) is 31.2 Å². The zero-order valence-electron chi connectivity index (χ0n) is 11.5. The molecule has 1 rings (SSSR count). The lowest BCUT2D eigenvalue weighted by Gasteiger charge is -2.12. The first kappa shape index (κ1) is 16.2. The summed E-state index contributed by atoms with van der Waals surface area (Å²) in [5, 5.41) is 2.54. The number of nitrogens with one attached hydrogen (secondary N) is 1. The summed E-state index contributed by atoms with van der Waals surface area (Å²) < 4.78 is 27.5. The Kier molecular flexibility index (Phi) is 5.26. The van der Waals surface area contributed by atoms with Gasteiger partial charge in [-0.25, -0.2) is 13.2 Å². The van der Waals surface area contributed by atoms with Gasteiger partial charge in [0.05, 0.1) is 10.5 Å². The summed E-state index contributed by atoms with van der Waals surface area (Å²) >= 11 is 0. The molecule has 1 aromatic rings. The van der Waals surface area contributed by atoms with Crippen molar-refractivity contribution in [1.82, 2.24) is 5.32 Å². The molecule has 0 bridgehead atoms. The second-order valence-electron chi connectivity index (χ2n) is 4.24. The van der Waals surface area contributed by atoms with Crippen molar-refractivity contribution in [2.45, 2.75) is 24.8 Å². The maximum atomic E-state index is 11.8. The molecular formula is C13H17NO5S. The van der Waals surface area contributed by atoms with Crippen molar-refractivity contribution >= 4 is 21.7 Å². The molecule has 6 nitrogen and oxygen atoms in total. The molecule has 0 aliphatic carbocycles. The van der Waals surface area contributed by atoms with Crippen molar-refractivity contribution in [1.29, 1.82) is 0 Å². The lowest BCUT2D eigenvalue weighted by molar-refractivity contribution is -0.128. The highest BCUT2D eigenvalue weighted by Crippen LogP contribution is 2.11. The molecule has 0 radical (unpaired) electrons. The molecule has 1 aromatic carbocycles. The minimum Gasteiger partial charge on any atom is -0.449 e. The Morgan fingerprint density at radius 3 is 2.25 bits per heavy atom. The first-order valence-electron chi connectivity index (χ1n) is 6.04. The topological polar surface area (TPSA) is 89.5 Å². The van der Waals surface area contributed by atoms with Crippen LogP contribution in [0.4, 0.5) is 0 Å². The maximum absolute atomic E-state index is 11.8. The summed E-state index contributed by atoms with van der Waals surface area (Å²) in [6.07, 6.45) is 0.175. The molecule has 1 amide bonds. The van der Waals surface area contributed by atoms with E-state index in [1.807, 2.05) is 0 Å². The molecule has 0 fully saturated rings. The van der Waals surface area contributed by atoms with E-state index < -0.39 is 21.9 Å². The Bertz CT molecular complexity index is 592. The van der Waals surface area contributed by atoms with E-state index in [-0.39, 0.29) is 16.4 Å². The summed E-state index contributed by atoms with van der Waals surface area (Å²) in [6.45, 7) is 3.67. The van der Waals surface area contributed by atoms with Gasteiger partial charge in [-0.1, -0.05) is 0 Å². The first-order chi connectivity index (χ1) is 9.25. The third-order valence-corrected chi connectivity index (χ3v) is 3.65. The Labute approximate surface area is 118 Å². The fraction of sp³-hybridized carbons (Fsp3) is 0.385. The zero-order valence-corrected chi connectivity index (χ0v) is 12.4. The average Bonchev–Trinajstić information content (AvgIpc) is 2.38. The minimum absolute atomic E-state index is 0.117. The Morgan fingerprint density at radius 1 is 1.25 bits per heavy atom. The molecule has 7 heteroatoms. The molecular weight excluding hydrogens is 282 g/mol. The molecule has 0 spiro atoms. The summed E-state index contributed by atoms with van der Waals surface area (Å²) in [5.74, 6) is -1.06. The highest BCUT2D eigenvalue weighted by atomic mass is 32.2. The molecule has 0 aliphatic rings. The van der Waals surface area contributed by atoms with Crippen molar-refractivity contribution in [2.75, 3.05) is 12.8 Å². The molecule has 20 heavy (non-hydrogen) atoms. The average molecular weight is 299 g/mol. The van der Waals surface area contributed by atoms with Crippen LogP contribution in [0.5, 0.6) is 0 Å². The van der Waals surface area contributed by atoms with Gasteiger partial charge in [0.15, 0.2) is 15.9 Å². The minimum atomic E-state index is -3.31. The highest BCUT2D eigenvalue weighted by molar-refractivity contribution is 7.90. The number of ether oxygens (including phenoxy) is 1. The summed E-state index contributed by atoms with van der Waals surface area (Å²) in [6, 6.07) is 5.34. The summed E-state index contributed by atoms with van der Waals surface area (Å²) in [4.78, 5) is 23.3. The van der Waals surface area contributed by atoms with Crippen molar-refractivity contribution < 1.29 is 22.7 Å². The smallest absolute Gasteiger partial charge is 0.338 e. The van der Waals surface area contributed by atoms with Gasteiger partial charge in [-0.2, -0.15) is 0 Å². The van der Waals surface area contributed by atoms with Gasteiger partial charge in [0.2, 0.25) is 0 Å². The lowest BCUT2D eigenvalue weighted by Crippen LogP contribution is -2.35. The van der Waals surface area contributed by atoms with Crippen LogP contribution in [0, 0.1) is 0 Å². The zero-order chi connectivity index (χ0) is 15.3. The van der Waals surface area contributed by atoms with E-state index in [1.54, 1.807) is 6.92 Å². The molecule has 1 N–H and O–H groups in total. The largest absolute Gasteiger partial charge is 0.449 e. The number of carbonyl (C=O) groups excluding carboxylic acids is 2. The third-order valence-electron chi connectivity index (χ3n) is 2.52. The second kappa shape index (κ2) is 6.51. The molecule has 0 saturated carbocycles. The van der Waals surface area contributed by atoms with Crippen LogP contribution in [0.25, 0.3) is 0 Å². The van der Waals surface area contributed by atoms with Crippen LogP contribution in [-0.4, -0.2) is 39.2 Å². The van der Waals surface area contributed by atoms with E-state index in [4.69, 9.17) is 4.74 Å². The van der Waals surface area contributed by atoms with E-state index in [0.29, 0.717) is 6.54 Å². The number of hydrogen-bond donors (Lipinski definition) is 1. The number of esters is 1. The van der Waals surface area contributed by atoms with Gasteiger partial charge in [-0.15, -0.1) is 0 Å². The van der Waals surface area contributed by atoms with Gasteiger partial charge < -0.3 is 10.1 Å². The van der Waals surface area contributed by atoms with Gasteiger partial charge >= 0.3 is 5.97 Å². The molecule has 0 saturated heterocycles. The predicted molar refractivity (Wildman–Crippen MR) is 73.1 cm³/mol. The SMILES string of the molecule is CCNC(=O)[C@@H](C)OC(=O)c1ccc(S(C)(=O)=O)cc1. The summed E-state index contributed by atoms with van der Waals surface area (Å²) in [7, 11) is -3.31.